The highest BCUT2D eigenvalue weighted by atomic mass is 16.6. The topological polar surface area (TPSA) is 64.7 Å². The molecule has 0 atom stereocenters. The molecule has 0 heterocycles. The van der Waals surface area contributed by atoms with Gasteiger partial charge in [0, 0.05) is 12.0 Å². The first kappa shape index (κ1) is 10.8. The van der Waals surface area contributed by atoms with Gasteiger partial charge in [-0.3, -0.25) is 0 Å². The second-order valence-corrected chi connectivity index (χ2v) is 3.02. The molecule has 0 aliphatic carbocycles. The second kappa shape index (κ2) is 4.83. The number of benzene rings is 1. The smallest absolute Gasteiger partial charge is 0.125 e. The lowest BCUT2D eigenvalue weighted by Crippen LogP contribution is -2.04. The quantitative estimate of drug-likeness (QED) is 0.710. The van der Waals surface area contributed by atoms with Crippen molar-refractivity contribution in [1.29, 1.82) is 0 Å². The molecule has 0 radical (unpaired) electrons. The lowest BCUT2D eigenvalue weighted by molar-refractivity contribution is 0.140. The van der Waals surface area contributed by atoms with E-state index in [0.717, 1.165) is 11.1 Å². The zero-order chi connectivity index (χ0) is 10.6. The monoisotopic (exact) mass is 197 g/mol. The van der Waals surface area contributed by atoms with Gasteiger partial charge in [-0.25, -0.2) is 5.90 Å². The maximum atomic E-state index is 9.76. The molecule has 0 amide bonds. The number of phenols is 1. The van der Waals surface area contributed by atoms with Gasteiger partial charge in [0.15, 0.2) is 0 Å². The molecule has 1 aromatic rings. The molecule has 4 heteroatoms. The molecule has 0 aliphatic rings. The highest BCUT2D eigenvalue weighted by Gasteiger charge is 2.08. The van der Waals surface area contributed by atoms with Gasteiger partial charge in [0.2, 0.25) is 0 Å². The van der Waals surface area contributed by atoms with Crippen LogP contribution in [0.1, 0.15) is 11.1 Å². The van der Waals surface area contributed by atoms with Crippen LogP contribution in [0.15, 0.2) is 12.1 Å². The predicted molar refractivity (Wildman–Crippen MR) is 53.2 cm³/mol. The summed E-state index contributed by atoms with van der Waals surface area (Å²) < 4.78 is 5.07. The van der Waals surface area contributed by atoms with Crippen LogP contribution in [0, 0.1) is 6.92 Å². The van der Waals surface area contributed by atoms with Gasteiger partial charge in [-0.15, -0.1) is 0 Å². The summed E-state index contributed by atoms with van der Waals surface area (Å²) in [4.78, 5) is 4.45. The molecule has 1 aromatic carbocycles. The van der Waals surface area contributed by atoms with Crippen molar-refractivity contribution in [2.24, 2.45) is 5.90 Å². The first-order chi connectivity index (χ1) is 6.70. The summed E-state index contributed by atoms with van der Waals surface area (Å²) in [5.41, 5.74) is 1.55. The number of hydrogen-bond donors (Lipinski definition) is 2. The molecule has 1 rings (SSSR count). The summed E-state index contributed by atoms with van der Waals surface area (Å²) >= 11 is 0. The Kier molecular flexibility index (Phi) is 3.73. The Morgan fingerprint density at radius 1 is 1.43 bits per heavy atom. The van der Waals surface area contributed by atoms with E-state index in [4.69, 9.17) is 10.6 Å². The number of rotatable bonds is 4. The first-order valence-electron chi connectivity index (χ1n) is 4.37. The van der Waals surface area contributed by atoms with Crippen LogP contribution < -0.4 is 10.6 Å². The summed E-state index contributed by atoms with van der Waals surface area (Å²) in [6.07, 6.45) is 0.590. The molecule has 14 heavy (non-hydrogen) atoms. The number of phenolic OH excluding ortho intramolecular Hbond substituents is 1. The van der Waals surface area contributed by atoms with Crippen molar-refractivity contribution in [1.82, 2.24) is 0 Å². The Morgan fingerprint density at radius 2 is 2.14 bits per heavy atom. The van der Waals surface area contributed by atoms with Crippen LogP contribution in [0.5, 0.6) is 11.5 Å². The highest BCUT2D eigenvalue weighted by molar-refractivity contribution is 5.48. The second-order valence-electron chi connectivity index (χ2n) is 3.02. The van der Waals surface area contributed by atoms with E-state index in [9.17, 15) is 5.11 Å². The van der Waals surface area contributed by atoms with Gasteiger partial charge in [0.1, 0.15) is 11.5 Å². The van der Waals surface area contributed by atoms with E-state index < -0.39 is 0 Å². The Balaban J connectivity index is 2.92. The molecule has 0 unspecified atom stereocenters. The van der Waals surface area contributed by atoms with Crippen LogP contribution in [-0.4, -0.2) is 18.8 Å². The zero-order valence-electron chi connectivity index (χ0n) is 8.41. The van der Waals surface area contributed by atoms with Crippen molar-refractivity contribution in [2.45, 2.75) is 13.3 Å². The van der Waals surface area contributed by atoms with Crippen molar-refractivity contribution >= 4 is 0 Å². The van der Waals surface area contributed by atoms with Crippen molar-refractivity contribution in [2.75, 3.05) is 13.7 Å². The minimum absolute atomic E-state index is 0.251. The van der Waals surface area contributed by atoms with Crippen LogP contribution in [0.3, 0.4) is 0 Å². The van der Waals surface area contributed by atoms with Crippen LogP contribution in [-0.2, 0) is 11.3 Å². The molecular formula is C10H15NO3. The fourth-order valence-electron chi connectivity index (χ4n) is 1.33. The first-order valence-corrected chi connectivity index (χ1v) is 4.37. The molecule has 0 aliphatic heterocycles. The molecule has 0 aromatic heterocycles. The Bertz CT molecular complexity index is 312. The van der Waals surface area contributed by atoms with Crippen molar-refractivity contribution in [3.8, 4) is 11.5 Å². The molecule has 0 saturated carbocycles. The van der Waals surface area contributed by atoms with Gasteiger partial charge in [-0.2, -0.15) is 0 Å². The van der Waals surface area contributed by atoms with E-state index in [0.29, 0.717) is 18.8 Å². The molecule has 3 N–H and O–H groups in total. The van der Waals surface area contributed by atoms with Gasteiger partial charge in [0.05, 0.1) is 13.7 Å². The van der Waals surface area contributed by atoms with E-state index in [1.807, 2.05) is 6.07 Å². The molecule has 0 saturated heterocycles. The molecular weight excluding hydrogens is 182 g/mol. The molecule has 0 spiro atoms. The van der Waals surface area contributed by atoms with Gasteiger partial charge >= 0.3 is 0 Å². The largest absolute Gasteiger partial charge is 0.507 e. The van der Waals surface area contributed by atoms with Crippen LogP contribution in [0.4, 0.5) is 0 Å². The van der Waals surface area contributed by atoms with Crippen molar-refractivity contribution < 1.29 is 14.7 Å². The summed E-state index contributed by atoms with van der Waals surface area (Å²) in [6.45, 7) is 2.19. The SMILES string of the molecule is COc1ccc(CCON)c(O)c1C. The molecule has 4 nitrogen and oxygen atoms in total. The summed E-state index contributed by atoms with van der Waals surface area (Å²) in [5, 5.41) is 9.76. The average Bonchev–Trinajstić information content (AvgIpc) is 2.20. The third kappa shape index (κ3) is 2.16. The van der Waals surface area contributed by atoms with Gasteiger partial charge in [-0.1, -0.05) is 6.07 Å². The minimum Gasteiger partial charge on any atom is -0.507 e. The highest BCUT2D eigenvalue weighted by Crippen LogP contribution is 2.30. The number of nitrogens with two attached hydrogens (primary N) is 1. The fraction of sp³-hybridized carbons (Fsp3) is 0.400. The maximum Gasteiger partial charge on any atom is 0.125 e. The van der Waals surface area contributed by atoms with Crippen LogP contribution in [0.25, 0.3) is 0 Å². The van der Waals surface area contributed by atoms with Gasteiger partial charge in [0.25, 0.3) is 0 Å². The molecule has 78 valence electrons. The standard InChI is InChI=1S/C10H15NO3/c1-7-9(13-2)4-3-8(10(7)12)5-6-14-11/h3-4,12H,5-6,11H2,1-2H3. The number of methoxy groups -OCH3 is 1. The third-order valence-corrected chi connectivity index (χ3v) is 2.17. The van der Waals surface area contributed by atoms with Gasteiger partial charge in [-0.05, 0) is 18.6 Å². The maximum absolute atomic E-state index is 9.76. The Labute approximate surface area is 83.2 Å². The van der Waals surface area contributed by atoms with E-state index in [1.165, 1.54) is 0 Å². The van der Waals surface area contributed by atoms with E-state index in [-0.39, 0.29) is 5.75 Å². The van der Waals surface area contributed by atoms with E-state index in [1.54, 1.807) is 20.1 Å². The summed E-state index contributed by atoms with van der Waals surface area (Å²) in [7, 11) is 1.57. The predicted octanol–water partition coefficient (Wildman–Crippen LogP) is 1.14. The minimum atomic E-state index is 0.251. The van der Waals surface area contributed by atoms with E-state index >= 15 is 0 Å². The Morgan fingerprint density at radius 3 is 2.71 bits per heavy atom. The van der Waals surface area contributed by atoms with Gasteiger partial charge < -0.3 is 14.7 Å². The normalized spacial score (nSPS) is 10.2. The lowest BCUT2D eigenvalue weighted by atomic mass is 10.1. The average molecular weight is 197 g/mol. The third-order valence-electron chi connectivity index (χ3n) is 2.17. The molecule has 0 fully saturated rings. The van der Waals surface area contributed by atoms with E-state index in [2.05, 4.69) is 4.84 Å². The Hall–Kier alpha value is -1.26. The van der Waals surface area contributed by atoms with Crippen molar-refractivity contribution in [3.63, 3.8) is 0 Å². The zero-order valence-corrected chi connectivity index (χ0v) is 8.41. The molecule has 0 bridgehead atoms. The fourth-order valence-corrected chi connectivity index (χ4v) is 1.33. The number of ether oxygens (including phenoxy) is 1. The van der Waals surface area contributed by atoms with Crippen LogP contribution in [0.2, 0.25) is 0 Å². The number of aromatic hydroxyl groups is 1. The summed E-state index contributed by atoms with van der Waals surface area (Å²) in [5.74, 6) is 5.85. The van der Waals surface area contributed by atoms with Crippen LogP contribution >= 0.6 is 0 Å². The summed E-state index contributed by atoms with van der Waals surface area (Å²) in [6, 6.07) is 3.63. The lowest BCUT2D eigenvalue weighted by Gasteiger charge is -2.10. The number of hydrogen-bond acceptors (Lipinski definition) is 4. The van der Waals surface area contributed by atoms with Crippen molar-refractivity contribution in [3.05, 3.63) is 23.3 Å².